The first-order chi connectivity index (χ1) is 10.7. The number of ether oxygens (including phenoxy) is 2. The molecule has 0 spiro atoms. The van der Waals surface area contributed by atoms with Crippen molar-refractivity contribution in [1.82, 2.24) is 15.4 Å². The number of benzene rings is 1. The molecule has 6 heteroatoms. The van der Waals surface area contributed by atoms with E-state index >= 15 is 0 Å². The molecule has 1 aromatic heterocycles. The van der Waals surface area contributed by atoms with Crippen molar-refractivity contribution in [1.29, 1.82) is 0 Å². The number of halogens is 1. The minimum atomic E-state index is 0.264. The summed E-state index contributed by atoms with van der Waals surface area (Å²) in [7, 11) is 0. The van der Waals surface area contributed by atoms with Crippen molar-refractivity contribution >= 4 is 11.6 Å². The topological polar surface area (TPSA) is 60.0 Å². The average molecular weight is 324 g/mol. The first-order valence-corrected chi connectivity index (χ1v) is 8.00. The van der Waals surface area contributed by atoms with Crippen LogP contribution in [0.25, 0.3) is 0 Å². The zero-order chi connectivity index (χ0) is 15.9. The molecule has 120 valence electrons. The Hall–Kier alpha value is -1.75. The van der Waals surface area contributed by atoms with Crippen LogP contribution in [0.4, 0.5) is 0 Å². The summed E-state index contributed by atoms with van der Waals surface area (Å²) in [6.45, 7) is 7.22. The van der Waals surface area contributed by atoms with Gasteiger partial charge in [0, 0.05) is 12.5 Å². The van der Waals surface area contributed by atoms with Crippen LogP contribution in [0.5, 0.6) is 11.5 Å². The van der Waals surface area contributed by atoms with Crippen molar-refractivity contribution in [2.75, 3.05) is 13.2 Å². The van der Waals surface area contributed by atoms with Crippen molar-refractivity contribution in [2.24, 2.45) is 0 Å². The van der Waals surface area contributed by atoms with Gasteiger partial charge in [-0.3, -0.25) is 0 Å². The molecule has 1 heterocycles. The second-order valence-electron chi connectivity index (χ2n) is 4.96. The number of nitrogens with zero attached hydrogens (tertiary/aromatic N) is 2. The van der Waals surface area contributed by atoms with E-state index in [4.69, 9.17) is 21.1 Å². The molecule has 1 atom stereocenters. The Bertz CT molecular complexity index is 587. The molecule has 1 unspecified atom stereocenters. The Morgan fingerprint density at radius 2 is 1.86 bits per heavy atom. The molecule has 0 radical (unpaired) electrons. The summed E-state index contributed by atoms with van der Waals surface area (Å²) in [4.78, 5) is 0. The molecule has 0 aliphatic carbocycles. The molecule has 22 heavy (non-hydrogen) atoms. The molecule has 2 aromatic rings. The lowest BCUT2D eigenvalue weighted by molar-refractivity contribution is 0.319. The van der Waals surface area contributed by atoms with E-state index in [0.29, 0.717) is 24.0 Å². The first-order valence-electron chi connectivity index (χ1n) is 7.63. The van der Waals surface area contributed by atoms with Gasteiger partial charge in [-0.05, 0) is 37.8 Å². The van der Waals surface area contributed by atoms with Crippen molar-refractivity contribution in [3.63, 3.8) is 0 Å². The summed E-state index contributed by atoms with van der Waals surface area (Å²) in [5.74, 6) is 1.75. The largest absolute Gasteiger partial charge is 0.493 e. The number of aromatic amines is 1. The van der Waals surface area contributed by atoms with Gasteiger partial charge in [0.2, 0.25) is 0 Å². The zero-order valence-corrected chi connectivity index (χ0v) is 14.0. The van der Waals surface area contributed by atoms with Gasteiger partial charge in [0.1, 0.15) is 11.5 Å². The fraction of sp³-hybridized carbons (Fsp3) is 0.500. The lowest BCUT2D eigenvalue weighted by Crippen LogP contribution is -2.07. The quantitative estimate of drug-likeness (QED) is 0.798. The molecule has 5 nitrogen and oxygen atoms in total. The predicted octanol–water partition coefficient (Wildman–Crippen LogP) is 3.99. The Labute approximate surface area is 136 Å². The summed E-state index contributed by atoms with van der Waals surface area (Å²) in [5, 5.41) is 11.3. The highest BCUT2D eigenvalue weighted by atomic mass is 35.5. The Morgan fingerprint density at radius 1 is 1.14 bits per heavy atom. The summed E-state index contributed by atoms with van der Waals surface area (Å²) in [6, 6.07) is 3.84. The normalized spacial score (nSPS) is 12.2. The number of nitrogens with one attached hydrogen (secondary N) is 1. The van der Waals surface area contributed by atoms with Crippen LogP contribution >= 0.6 is 11.6 Å². The van der Waals surface area contributed by atoms with E-state index in [1.807, 2.05) is 26.0 Å². The van der Waals surface area contributed by atoms with Gasteiger partial charge in [-0.1, -0.05) is 18.5 Å². The molecular formula is C16H22ClN3O2. The Morgan fingerprint density at radius 3 is 2.45 bits per heavy atom. The van der Waals surface area contributed by atoms with E-state index in [-0.39, 0.29) is 5.92 Å². The van der Waals surface area contributed by atoms with Gasteiger partial charge in [-0.25, -0.2) is 0 Å². The summed E-state index contributed by atoms with van der Waals surface area (Å²) < 4.78 is 11.4. The first kappa shape index (κ1) is 16.6. The van der Waals surface area contributed by atoms with Gasteiger partial charge in [0.15, 0.2) is 0 Å². The van der Waals surface area contributed by atoms with Gasteiger partial charge >= 0.3 is 0 Å². The number of hydrogen-bond donors (Lipinski definition) is 1. The SMILES string of the molecule is CCOc1cc(OCC)c(C(CC)Cc2cn[nH]n2)cc1Cl. The number of H-pyrrole nitrogens is 1. The smallest absolute Gasteiger partial charge is 0.141 e. The molecule has 1 N–H and O–H groups in total. The lowest BCUT2D eigenvalue weighted by atomic mass is 9.91. The van der Waals surface area contributed by atoms with E-state index in [1.165, 1.54) is 0 Å². The van der Waals surface area contributed by atoms with Crippen LogP contribution in [-0.4, -0.2) is 28.6 Å². The molecule has 0 amide bonds. The molecule has 0 saturated carbocycles. The third kappa shape index (κ3) is 3.91. The zero-order valence-electron chi connectivity index (χ0n) is 13.2. The van der Waals surface area contributed by atoms with Crippen molar-refractivity contribution in [3.8, 4) is 11.5 Å². The Balaban J connectivity index is 2.35. The molecule has 0 fully saturated rings. The van der Waals surface area contributed by atoms with Gasteiger partial charge < -0.3 is 9.47 Å². The van der Waals surface area contributed by atoms with Gasteiger partial charge in [-0.2, -0.15) is 15.4 Å². The minimum absolute atomic E-state index is 0.264. The second kappa shape index (κ2) is 8.03. The highest BCUT2D eigenvalue weighted by molar-refractivity contribution is 6.32. The molecule has 0 aliphatic rings. The average Bonchev–Trinajstić information content (AvgIpc) is 3.01. The number of rotatable bonds is 8. The monoisotopic (exact) mass is 323 g/mol. The maximum absolute atomic E-state index is 6.35. The van der Waals surface area contributed by atoms with E-state index in [1.54, 1.807) is 6.20 Å². The van der Waals surface area contributed by atoms with E-state index < -0.39 is 0 Å². The maximum atomic E-state index is 6.35. The highest BCUT2D eigenvalue weighted by Gasteiger charge is 2.19. The predicted molar refractivity (Wildman–Crippen MR) is 86.9 cm³/mol. The van der Waals surface area contributed by atoms with Crippen LogP contribution in [-0.2, 0) is 6.42 Å². The molecule has 0 bridgehead atoms. The van der Waals surface area contributed by atoms with Gasteiger partial charge in [0.25, 0.3) is 0 Å². The van der Waals surface area contributed by atoms with Crippen LogP contribution in [0.2, 0.25) is 5.02 Å². The van der Waals surface area contributed by atoms with Gasteiger partial charge in [0.05, 0.1) is 30.1 Å². The standard InChI is InChI=1S/C16H22ClN3O2/c1-4-11(7-12-10-18-20-19-12)13-8-14(17)16(22-6-3)9-15(13)21-5-2/h8-11H,4-7H2,1-3H3,(H,18,19,20). The van der Waals surface area contributed by atoms with Crippen LogP contribution < -0.4 is 9.47 Å². The van der Waals surface area contributed by atoms with Crippen molar-refractivity contribution in [3.05, 3.63) is 34.6 Å². The van der Waals surface area contributed by atoms with E-state index in [0.717, 1.165) is 29.8 Å². The second-order valence-corrected chi connectivity index (χ2v) is 5.36. The van der Waals surface area contributed by atoms with Crippen molar-refractivity contribution in [2.45, 2.75) is 39.5 Å². The third-order valence-corrected chi connectivity index (χ3v) is 3.81. The number of aromatic nitrogens is 3. The van der Waals surface area contributed by atoms with E-state index in [2.05, 4.69) is 22.3 Å². The molecule has 0 saturated heterocycles. The molecule has 1 aromatic carbocycles. The summed E-state index contributed by atoms with van der Waals surface area (Å²) in [6.07, 6.45) is 3.49. The van der Waals surface area contributed by atoms with Crippen molar-refractivity contribution < 1.29 is 9.47 Å². The van der Waals surface area contributed by atoms with Crippen LogP contribution in [0.3, 0.4) is 0 Å². The maximum Gasteiger partial charge on any atom is 0.141 e. The minimum Gasteiger partial charge on any atom is -0.493 e. The fourth-order valence-corrected chi connectivity index (χ4v) is 2.69. The van der Waals surface area contributed by atoms with Crippen LogP contribution in [0.1, 0.15) is 44.4 Å². The number of hydrogen-bond acceptors (Lipinski definition) is 4. The molecular weight excluding hydrogens is 302 g/mol. The lowest BCUT2D eigenvalue weighted by Gasteiger charge is -2.20. The van der Waals surface area contributed by atoms with Gasteiger partial charge in [-0.15, -0.1) is 0 Å². The van der Waals surface area contributed by atoms with E-state index in [9.17, 15) is 0 Å². The highest BCUT2D eigenvalue weighted by Crippen LogP contribution is 2.38. The fourth-order valence-electron chi connectivity index (χ4n) is 2.47. The summed E-state index contributed by atoms with van der Waals surface area (Å²) in [5.41, 5.74) is 2.01. The molecule has 2 rings (SSSR count). The van der Waals surface area contributed by atoms with Crippen LogP contribution in [0, 0.1) is 0 Å². The summed E-state index contributed by atoms with van der Waals surface area (Å²) >= 11 is 6.35. The van der Waals surface area contributed by atoms with Crippen LogP contribution in [0.15, 0.2) is 18.3 Å². The third-order valence-electron chi connectivity index (χ3n) is 3.52. The Kier molecular flexibility index (Phi) is 6.07. The molecule has 0 aliphatic heterocycles.